The molecule has 0 unspecified atom stereocenters. The SMILES string of the molecule is Cc1ccccc1-c1noc(CN(C)C(C)(C)C(=O)O)n1. The van der Waals surface area contributed by atoms with Crippen molar-refractivity contribution in [2.75, 3.05) is 7.05 Å². The number of aromatic nitrogens is 2. The van der Waals surface area contributed by atoms with Gasteiger partial charge in [0.25, 0.3) is 0 Å². The zero-order chi connectivity index (χ0) is 15.6. The van der Waals surface area contributed by atoms with Crippen LogP contribution in [0.2, 0.25) is 0 Å². The lowest BCUT2D eigenvalue weighted by Crippen LogP contribution is -2.47. The number of carboxylic acids is 1. The molecule has 0 amide bonds. The van der Waals surface area contributed by atoms with Crippen molar-refractivity contribution in [3.05, 3.63) is 35.7 Å². The predicted molar refractivity (Wildman–Crippen MR) is 77.7 cm³/mol. The van der Waals surface area contributed by atoms with Crippen molar-refractivity contribution in [1.29, 1.82) is 0 Å². The van der Waals surface area contributed by atoms with Crippen LogP contribution in [0.1, 0.15) is 25.3 Å². The number of benzene rings is 1. The van der Waals surface area contributed by atoms with Crippen LogP contribution in [0.25, 0.3) is 11.4 Å². The van der Waals surface area contributed by atoms with Crippen molar-refractivity contribution in [3.63, 3.8) is 0 Å². The van der Waals surface area contributed by atoms with E-state index in [1.165, 1.54) is 0 Å². The highest BCUT2D eigenvalue weighted by molar-refractivity contribution is 5.77. The quantitative estimate of drug-likeness (QED) is 0.910. The average Bonchev–Trinajstić information content (AvgIpc) is 2.87. The molecule has 21 heavy (non-hydrogen) atoms. The molecule has 0 aliphatic carbocycles. The lowest BCUT2D eigenvalue weighted by molar-refractivity contribution is -0.149. The third kappa shape index (κ3) is 3.11. The molecular weight excluding hydrogens is 270 g/mol. The Morgan fingerprint density at radius 3 is 2.67 bits per heavy atom. The molecule has 1 aromatic carbocycles. The molecule has 0 bridgehead atoms. The van der Waals surface area contributed by atoms with E-state index < -0.39 is 11.5 Å². The molecule has 2 rings (SSSR count). The summed E-state index contributed by atoms with van der Waals surface area (Å²) in [6.07, 6.45) is 0. The maximum Gasteiger partial charge on any atom is 0.323 e. The van der Waals surface area contributed by atoms with Crippen LogP contribution in [0, 0.1) is 6.92 Å². The van der Waals surface area contributed by atoms with Gasteiger partial charge in [0.1, 0.15) is 5.54 Å². The van der Waals surface area contributed by atoms with Crippen LogP contribution in [0.4, 0.5) is 0 Å². The van der Waals surface area contributed by atoms with Crippen LogP contribution in [0.5, 0.6) is 0 Å². The predicted octanol–water partition coefficient (Wildman–Crippen LogP) is 2.34. The van der Waals surface area contributed by atoms with Gasteiger partial charge in [-0.25, -0.2) is 0 Å². The van der Waals surface area contributed by atoms with E-state index in [1.807, 2.05) is 31.2 Å². The van der Waals surface area contributed by atoms with E-state index in [-0.39, 0.29) is 6.54 Å². The van der Waals surface area contributed by atoms with Gasteiger partial charge in [0.15, 0.2) is 0 Å². The minimum atomic E-state index is -1.00. The van der Waals surface area contributed by atoms with Crippen molar-refractivity contribution in [2.45, 2.75) is 32.9 Å². The van der Waals surface area contributed by atoms with Gasteiger partial charge < -0.3 is 9.63 Å². The van der Waals surface area contributed by atoms with Crippen LogP contribution in [-0.4, -0.2) is 38.7 Å². The van der Waals surface area contributed by atoms with Crippen LogP contribution in [0.15, 0.2) is 28.8 Å². The number of hydrogen-bond donors (Lipinski definition) is 1. The van der Waals surface area contributed by atoms with Gasteiger partial charge in [0.2, 0.25) is 11.7 Å². The van der Waals surface area contributed by atoms with Crippen molar-refractivity contribution >= 4 is 5.97 Å². The van der Waals surface area contributed by atoms with E-state index in [2.05, 4.69) is 10.1 Å². The first-order chi connectivity index (χ1) is 9.82. The molecule has 0 radical (unpaired) electrons. The van der Waals surface area contributed by atoms with Crippen LogP contribution < -0.4 is 0 Å². The summed E-state index contributed by atoms with van der Waals surface area (Å²) in [5.41, 5.74) is 0.967. The first-order valence-electron chi connectivity index (χ1n) is 6.65. The van der Waals surface area contributed by atoms with Gasteiger partial charge in [-0.2, -0.15) is 4.98 Å². The van der Waals surface area contributed by atoms with Gasteiger partial charge >= 0.3 is 5.97 Å². The summed E-state index contributed by atoms with van der Waals surface area (Å²) in [7, 11) is 1.71. The average molecular weight is 289 g/mol. The topological polar surface area (TPSA) is 79.5 Å². The highest BCUT2D eigenvalue weighted by Crippen LogP contribution is 2.21. The first kappa shape index (κ1) is 15.2. The van der Waals surface area contributed by atoms with Crippen molar-refractivity contribution < 1.29 is 14.4 Å². The number of aliphatic carboxylic acids is 1. The number of nitrogens with zero attached hydrogens (tertiary/aromatic N) is 3. The number of rotatable bonds is 5. The summed E-state index contributed by atoms with van der Waals surface area (Å²) >= 11 is 0. The van der Waals surface area contributed by atoms with Crippen LogP contribution in [-0.2, 0) is 11.3 Å². The summed E-state index contributed by atoms with van der Waals surface area (Å²) < 4.78 is 5.22. The third-order valence-corrected chi connectivity index (χ3v) is 3.70. The molecule has 6 heteroatoms. The van der Waals surface area contributed by atoms with E-state index in [4.69, 9.17) is 4.52 Å². The Labute approximate surface area is 123 Å². The van der Waals surface area contributed by atoms with E-state index in [9.17, 15) is 9.90 Å². The van der Waals surface area contributed by atoms with Gasteiger partial charge in [-0.1, -0.05) is 29.4 Å². The highest BCUT2D eigenvalue weighted by atomic mass is 16.5. The van der Waals surface area contributed by atoms with E-state index in [1.54, 1.807) is 25.8 Å². The molecule has 6 nitrogen and oxygen atoms in total. The zero-order valence-electron chi connectivity index (χ0n) is 12.6. The van der Waals surface area contributed by atoms with Gasteiger partial charge in [-0.15, -0.1) is 0 Å². The second-order valence-electron chi connectivity index (χ2n) is 5.55. The number of carboxylic acid groups (broad SMARTS) is 1. The second-order valence-corrected chi connectivity index (χ2v) is 5.55. The normalized spacial score (nSPS) is 11.9. The Bertz CT molecular complexity index is 649. The highest BCUT2D eigenvalue weighted by Gasteiger charge is 2.33. The van der Waals surface area contributed by atoms with Crippen molar-refractivity contribution in [2.24, 2.45) is 0 Å². The lowest BCUT2D eigenvalue weighted by atomic mass is 10.0. The molecule has 0 aliphatic rings. The van der Waals surface area contributed by atoms with Gasteiger partial charge in [-0.3, -0.25) is 9.69 Å². The molecule has 0 aliphatic heterocycles. The lowest BCUT2D eigenvalue weighted by Gasteiger charge is -2.29. The first-order valence-corrected chi connectivity index (χ1v) is 6.65. The van der Waals surface area contributed by atoms with E-state index >= 15 is 0 Å². The van der Waals surface area contributed by atoms with Gasteiger partial charge in [0.05, 0.1) is 6.54 Å². The molecule has 0 spiro atoms. The van der Waals surface area contributed by atoms with Gasteiger partial charge in [-0.05, 0) is 33.4 Å². The fraction of sp³-hybridized carbons (Fsp3) is 0.400. The molecular formula is C15H19N3O3. The fourth-order valence-corrected chi connectivity index (χ4v) is 1.82. The summed E-state index contributed by atoms with van der Waals surface area (Å²) in [6.45, 7) is 5.52. The van der Waals surface area contributed by atoms with E-state index in [0.717, 1.165) is 11.1 Å². The maximum absolute atomic E-state index is 11.2. The molecule has 1 aromatic heterocycles. The number of carbonyl (C=O) groups is 1. The molecule has 0 saturated carbocycles. The minimum absolute atomic E-state index is 0.276. The van der Waals surface area contributed by atoms with Crippen molar-refractivity contribution in [1.82, 2.24) is 15.0 Å². The standard InChI is InChI=1S/C15H19N3O3/c1-10-7-5-6-8-11(10)13-16-12(21-17-13)9-18(4)15(2,3)14(19)20/h5-8H,9H2,1-4H3,(H,19,20). The Morgan fingerprint density at radius 2 is 2.05 bits per heavy atom. The number of aryl methyl sites for hydroxylation is 1. The fourth-order valence-electron chi connectivity index (χ4n) is 1.82. The maximum atomic E-state index is 11.2. The Balaban J connectivity index is 2.18. The number of likely N-dealkylation sites (N-methyl/N-ethyl adjacent to an activating group) is 1. The van der Waals surface area contributed by atoms with Crippen LogP contribution >= 0.6 is 0 Å². The largest absolute Gasteiger partial charge is 0.480 e. The summed E-state index contributed by atoms with van der Waals surface area (Å²) in [5.74, 6) is 0.0124. The smallest absolute Gasteiger partial charge is 0.323 e. The zero-order valence-corrected chi connectivity index (χ0v) is 12.6. The molecule has 0 saturated heterocycles. The summed E-state index contributed by atoms with van der Waals surface area (Å²) in [5, 5.41) is 13.2. The molecule has 1 N–H and O–H groups in total. The Morgan fingerprint density at radius 1 is 1.38 bits per heavy atom. The summed E-state index contributed by atoms with van der Waals surface area (Å²) in [6, 6.07) is 7.76. The van der Waals surface area contributed by atoms with Gasteiger partial charge in [0, 0.05) is 5.56 Å². The Kier molecular flexibility index (Phi) is 4.09. The molecule has 0 atom stereocenters. The molecule has 1 heterocycles. The van der Waals surface area contributed by atoms with Crippen molar-refractivity contribution in [3.8, 4) is 11.4 Å². The molecule has 112 valence electrons. The second kappa shape index (κ2) is 5.65. The minimum Gasteiger partial charge on any atom is -0.480 e. The van der Waals surface area contributed by atoms with Crippen LogP contribution in [0.3, 0.4) is 0 Å². The third-order valence-electron chi connectivity index (χ3n) is 3.70. The van der Waals surface area contributed by atoms with E-state index in [0.29, 0.717) is 11.7 Å². The number of hydrogen-bond acceptors (Lipinski definition) is 5. The molecule has 0 fully saturated rings. The Hall–Kier alpha value is -2.21. The molecule has 2 aromatic rings. The monoisotopic (exact) mass is 289 g/mol. The summed E-state index contributed by atoms with van der Waals surface area (Å²) in [4.78, 5) is 17.2.